The van der Waals surface area contributed by atoms with E-state index in [1.165, 1.54) is 22.3 Å². The molecule has 0 aliphatic carbocycles. The van der Waals surface area contributed by atoms with Crippen LogP contribution in [0.3, 0.4) is 0 Å². The molecular weight excluding hydrogens is 398 g/mol. The minimum absolute atomic E-state index is 0.165. The van der Waals surface area contributed by atoms with Crippen LogP contribution in [0.1, 0.15) is 93.9 Å². The van der Waals surface area contributed by atoms with Crippen molar-refractivity contribution >= 4 is 6.16 Å². The zero-order chi connectivity index (χ0) is 23.1. The van der Waals surface area contributed by atoms with Crippen molar-refractivity contribution in [2.75, 3.05) is 13.2 Å². The van der Waals surface area contributed by atoms with Crippen LogP contribution in [0.2, 0.25) is 0 Å². The van der Waals surface area contributed by atoms with Crippen molar-refractivity contribution in [1.82, 2.24) is 5.32 Å². The third-order valence-electron chi connectivity index (χ3n) is 6.43. The smallest absolute Gasteiger partial charge is 0.434 e. The Morgan fingerprint density at radius 3 is 1.88 bits per heavy atom. The number of rotatable bonds is 9. The number of hydrogen-bond acceptors (Lipinski definition) is 4. The summed E-state index contributed by atoms with van der Waals surface area (Å²) in [5, 5.41) is 3.62. The van der Waals surface area contributed by atoms with E-state index in [1.54, 1.807) is 0 Å². The molecule has 1 fully saturated rings. The lowest BCUT2D eigenvalue weighted by Gasteiger charge is -2.26. The quantitative estimate of drug-likeness (QED) is 0.348. The topological polar surface area (TPSA) is 47.6 Å². The Hall–Kier alpha value is -2.33. The van der Waals surface area contributed by atoms with Gasteiger partial charge in [-0.3, -0.25) is 0 Å². The standard InChI is InChI=1S/C28H39NO3/c1-6-7-16-31-28(30)32-25-17-26(29-18-25)27(23-12-8-21(9-13-23)19(2)3)24-14-10-22(11-15-24)20(4)5/h8-15,19-20,25-27,29H,6-7,16-18H2,1-5H3/t25-,26-/m1/s1. The van der Waals surface area contributed by atoms with Gasteiger partial charge in [-0.1, -0.05) is 89.6 Å². The van der Waals surface area contributed by atoms with Gasteiger partial charge in [-0.15, -0.1) is 0 Å². The first-order valence-corrected chi connectivity index (χ1v) is 12.2. The molecule has 0 radical (unpaired) electrons. The highest BCUT2D eigenvalue weighted by molar-refractivity contribution is 5.60. The van der Waals surface area contributed by atoms with Crippen LogP contribution in [-0.4, -0.2) is 31.5 Å². The van der Waals surface area contributed by atoms with E-state index in [2.05, 4.69) is 88.5 Å². The molecular formula is C28H39NO3. The first-order chi connectivity index (χ1) is 15.4. The predicted octanol–water partition coefficient (Wildman–Crippen LogP) is 6.75. The molecule has 0 aromatic heterocycles. The second-order valence-corrected chi connectivity index (χ2v) is 9.56. The molecule has 0 amide bonds. The number of carbonyl (C=O) groups excluding carboxylic acids is 1. The van der Waals surface area contributed by atoms with Crippen molar-refractivity contribution in [3.63, 3.8) is 0 Å². The average molecular weight is 438 g/mol. The van der Waals surface area contributed by atoms with Gasteiger partial charge in [0.25, 0.3) is 0 Å². The Labute approximate surface area is 193 Å². The highest BCUT2D eigenvalue weighted by Crippen LogP contribution is 2.34. The predicted molar refractivity (Wildman–Crippen MR) is 130 cm³/mol. The first kappa shape index (κ1) is 24.3. The van der Waals surface area contributed by atoms with Gasteiger partial charge in [0.15, 0.2) is 0 Å². The van der Waals surface area contributed by atoms with Gasteiger partial charge in [-0.2, -0.15) is 0 Å². The van der Waals surface area contributed by atoms with E-state index in [1.807, 2.05) is 0 Å². The fourth-order valence-electron chi connectivity index (χ4n) is 4.38. The largest absolute Gasteiger partial charge is 0.508 e. The Morgan fingerprint density at radius 1 is 0.906 bits per heavy atom. The van der Waals surface area contributed by atoms with E-state index in [-0.39, 0.29) is 18.1 Å². The summed E-state index contributed by atoms with van der Waals surface area (Å²) >= 11 is 0. The molecule has 32 heavy (non-hydrogen) atoms. The number of hydrogen-bond donors (Lipinski definition) is 1. The molecule has 0 bridgehead atoms. The molecule has 2 aromatic carbocycles. The molecule has 1 saturated heterocycles. The Kier molecular flexibility index (Phi) is 8.75. The van der Waals surface area contributed by atoms with Crippen LogP contribution < -0.4 is 5.32 Å². The molecule has 174 valence electrons. The van der Waals surface area contributed by atoms with Gasteiger partial charge in [0.1, 0.15) is 6.10 Å². The molecule has 1 aliphatic heterocycles. The molecule has 0 unspecified atom stereocenters. The minimum atomic E-state index is -0.551. The van der Waals surface area contributed by atoms with Gasteiger partial charge in [0.05, 0.1) is 6.61 Å². The summed E-state index contributed by atoms with van der Waals surface area (Å²) in [6.45, 7) is 12.0. The van der Waals surface area contributed by atoms with Gasteiger partial charge in [-0.25, -0.2) is 4.79 Å². The number of nitrogens with one attached hydrogen (secondary N) is 1. The van der Waals surface area contributed by atoms with Crippen LogP contribution in [0, 0.1) is 0 Å². The lowest BCUT2D eigenvalue weighted by Crippen LogP contribution is -2.29. The van der Waals surface area contributed by atoms with Crippen LogP contribution in [0.15, 0.2) is 48.5 Å². The molecule has 0 spiro atoms. The zero-order valence-electron chi connectivity index (χ0n) is 20.3. The molecule has 1 N–H and O–H groups in total. The Balaban J connectivity index is 1.77. The molecule has 2 atom stereocenters. The van der Waals surface area contributed by atoms with E-state index in [0.717, 1.165) is 19.3 Å². The zero-order valence-corrected chi connectivity index (χ0v) is 20.3. The number of carbonyl (C=O) groups is 1. The van der Waals surface area contributed by atoms with Crippen molar-refractivity contribution in [1.29, 1.82) is 0 Å². The molecule has 1 heterocycles. The number of unbranched alkanes of at least 4 members (excludes halogenated alkanes) is 1. The Bertz CT molecular complexity index is 790. The van der Waals surface area contributed by atoms with E-state index in [4.69, 9.17) is 9.47 Å². The number of benzene rings is 2. The van der Waals surface area contributed by atoms with Gasteiger partial charge in [0.2, 0.25) is 0 Å². The highest BCUT2D eigenvalue weighted by Gasteiger charge is 2.34. The van der Waals surface area contributed by atoms with Gasteiger partial charge in [-0.05, 0) is 40.5 Å². The molecule has 3 rings (SSSR count). The summed E-state index contributed by atoms with van der Waals surface area (Å²) in [7, 11) is 0. The van der Waals surface area contributed by atoms with Crippen molar-refractivity contribution in [3.05, 3.63) is 70.8 Å². The maximum absolute atomic E-state index is 12.0. The van der Waals surface area contributed by atoms with Crippen LogP contribution >= 0.6 is 0 Å². The maximum Gasteiger partial charge on any atom is 0.508 e. The van der Waals surface area contributed by atoms with Gasteiger partial charge in [0, 0.05) is 24.9 Å². The van der Waals surface area contributed by atoms with E-state index >= 15 is 0 Å². The summed E-state index contributed by atoms with van der Waals surface area (Å²) in [5.74, 6) is 1.21. The second-order valence-electron chi connectivity index (χ2n) is 9.56. The lowest BCUT2D eigenvalue weighted by molar-refractivity contribution is 0.0282. The van der Waals surface area contributed by atoms with Crippen molar-refractivity contribution in [2.45, 2.75) is 83.8 Å². The molecule has 4 heteroatoms. The fraction of sp³-hybridized carbons (Fsp3) is 0.536. The lowest BCUT2D eigenvalue weighted by atomic mass is 9.82. The fourth-order valence-corrected chi connectivity index (χ4v) is 4.38. The van der Waals surface area contributed by atoms with E-state index in [9.17, 15) is 4.79 Å². The summed E-state index contributed by atoms with van der Waals surface area (Å²) in [6, 6.07) is 18.2. The minimum Gasteiger partial charge on any atom is -0.434 e. The van der Waals surface area contributed by atoms with Crippen LogP contribution in [0.4, 0.5) is 4.79 Å². The van der Waals surface area contributed by atoms with E-state index < -0.39 is 6.16 Å². The molecule has 0 saturated carbocycles. The summed E-state index contributed by atoms with van der Waals surface area (Å²) in [5.41, 5.74) is 5.27. The summed E-state index contributed by atoms with van der Waals surface area (Å²) in [4.78, 5) is 12.0. The third-order valence-corrected chi connectivity index (χ3v) is 6.43. The van der Waals surface area contributed by atoms with Crippen molar-refractivity contribution in [2.24, 2.45) is 0 Å². The molecule has 2 aromatic rings. The highest BCUT2D eigenvalue weighted by atomic mass is 16.7. The number of ether oxygens (including phenoxy) is 2. The SMILES string of the molecule is CCCCOC(=O)O[C@H]1CN[C@@H](C(c2ccc(C(C)C)cc2)c2ccc(C(C)C)cc2)C1. The van der Waals surface area contributed by atoms with Crippen LogP contribution in [0.5, 0.6) is 0 Å². The maximum atomic E-state index is 12.0. The van der Waals surface area contributed by atoms with Crippen LogP contribution in [-0.2, 0) is 9.47 Å². The van der Waals surface area contributed by atoms with Gasteiger partial charge >= 0.3 is 6.16 Å². The van der Waals surface area contributed by atoms with E-state index in [0.29, 0.717) is 25.0 Å². The summed E-state index contributed by atoms with van der Waals surface area (Å²) < 4.78 is 10.8. The van der Waals surface area contributed by atoms with Crippen LogP contribution in [0.25, 0.3) is 0 Å². The summed E-state index contributed by atoms with van der Waals surface area (Å²) in [6.07, 6.45) is 1.91. The molecule has 4 nitrogen and oxygen atoms in total. The normalized spacial score (nSPS) is 18.5. The third kappa shape index (κ3) is 6.35. The first-order valence-electron chi connectivity index (χ1n) is 12.2. The van der Waals surface area contributed by atoms with Crippen molar-refractivity contribution < 1.29 is 14.3 Å². The van der Waals surface area contributed by atoms with Gasteiger partial charge < -0.3 is 14.8 Å². The Morgan fingerprint density at radius 2 is 1.41 bits per heavy atom. The van der Waals surface area contributed by atoms with Crippen molar-refractivity contribution in [3.8, 4) is 0 Å². The average Bonchev–Trinajstić information content (AvgIpc) is 3.22. The monoisotopic (exact) mass is 437 g/mol. The molecule has 1 aliphatic rings. The second kappa shape index (κ2) is 11.5.